The summed E-state index contributed by atoms with van der Waals surface area (Å²) < 4.78 is 0.832. The van der Waals surface area contributed by atoms with E-state index in [9.17, 15) is 5.11 Å². The van der Waals surface area contributed by atoms with Crippen LogP contribution in [-0.2, 0) is 0 Å². The predicted octanol–water partition coefficient (Wildman–Crippen LogP) is 3.68. The van der Waals surface area contributed by atoms with Gasteiger partial charge in [-0.1, -0.05) is 24.6 Å². The van der Waals surface area contributed by atoms with E-state index in [0.29, 0.717) is 18.0 Å². The molecule has 2 nitrogen and oxygen atoms in total. The van der Waals surface area contributed by atoms with Crippen LogP contribution in [0.5, 0.6) is 0 Å². The van der Waals surface area contributed by atoms with Crippen LogP contribution in [0.15, 0.2) is 22.7 Å². The summed E-state index contributed by atoms with van der Waals surface area (Å²) in [4.78, 5) is 0. The van der Waals surface area contributed by atoms with Gasteiger partial charge in [-0.3, -0.25) is 0 Å². The maximum absolute atomic E-state index is 9.83. The first kappa shape index (κ1) is 12.8. The first-order valence-corrected chi connectivity index (χ1v) is 6.03. The van der Waals surface area contributed by atoms with Gasteiger partial charge in [0.15, 0.2) is 0 Å². The molecule has 0 aliphatic rings. The maximum atomic E-state index is 9.83. The molecular weight excluding hydrogens is 277 g/mol. The Morgan fingerprint density at radius 2 is 2.20 bits per heavy atom. The Balaban J connectivity index is 2.70. The quantitative estimate of drug-likeness (QED) is 0.887. The third kappa shape index (κ3) is 3.67. The Hall–Kier alpha value is -0.250. The smallest absolute Gasteiger partial charge is 0.0788 e. The van der Waals surface area contributed by atoms with Crippen LogP contribution in [0.2, 0.25) is 5.02 Å². The molecule has 0 radical (unpaired) electrons. The molecule has 0 amide bonds. The zero-order valence-corrected chi connectivity index (χ0v) is 11.2. The number of halogens is 2. The first-order chi connectivity index (χ1) is 6.96. The van der Waals surface area contributed by atoms with Gasteiger partial charge in [0.05, 0.1) is 20.8 Å². The van der Waals surface area contributed by atoms with Crippen molar-refractivity contribution in [2.75, 3.05) is 11.9 Å². The Labute approximate surface area is 104 Å². The lowest BCUT2D eigenvalue weighted by Crippen LogP contribution is -2.32. The van der Waals surface area contributed by atoms with E-state index in [1.807, 2.05) is 25.1 Å². The molecule has 0 saturated carbocycles. The summed E-state index contributed by atoms with van der Waals surface area (Å²) >= 11 is 9.34. The molecule has 15 heavy (non-hydrogen) atoms. The molecule has 1 atom stereocenters. The van der Waals surface area contributed by atoms with Gasteiger partial charge in [0, 0.05) is 6.54 Å². The Bertz CT molecular complexity index is 341. The molecule has 0 aliphatic carbocycles. The van der Waals surface area contributed by atoms with Gasteiger partial charge in [-0.05, 0) is 41.4 Å². The second kappa shape index (κ2) is 5.19. The minimum absolute atomic E-state index is 0.502. The van der Waals surface area contributed by atoms with E-state index in [0.717, 1.165) is 10.2 Å². The van der Waals surface area contributed by atoms with Crippen molar-refractivity contribution in [3.8, 4) is 0 Å². The predicted molar refractivity (Wildman–Crippen MR) is 68.6 cm³/mol. The minimum Gasteiger partial charge on any atom is -0.388 e. The van der Waals surface area contributed by atoms with Gasteiger partial charge in [-0.2, -0.15) is 0 Å². The van der Waals surface area contributed by atoms with Gasteiger partial charge in [-0.15, -0.1) is 0 Å². The highest BCUT2D eigenvalue weighted by Crippen LogP contribution is 2.30. The number of hydrogen-bond donors (Lipinski definition) is 2. The van der Waals surface area contributed by atoms with E-state index in [2.05, 4.69) is 21.2 Å². The number of anilines is 1. The molecule has 1 rings (SSSR count). The average Bonchev–Trinajstić information content (AvgIpc) is 2.20. The molecule has 1 unspecified atom stereocenters. The van der Waals surface area contributed by atoms with E-state index < -0.39 is 5.60 Å². The van der Waals surface area contributed by atoms with Crippen LogP contribution >= 0.6 is 27.5 Å². The van der Waals surface area contributed by atoms with Crippen molar-refractivity contribution in [1.82, 2.24) is 0 Å². The van der Waals surface area contributed by atoms with Gasteiger partial charge in [0.25, 0.3) is 0 Å². The van der Waals surface area contributed by atoms with E-state index in [4.69, 9.17) is 11.6 Å². The second-order valence-corrected chi connectivity index (χ2v) is 5.01. The lowest BCUT2D eigenvalue weighted by molar-refractivity contribution is 0.0697. The molecule has 0 aromatic heterocycles. The van der Waals surface area contributed by atoms with Crippen molar-refractivity contribution < 1.29 is 5.11 Å². The second-order valence-electron chi connectivity index (χ2n) is 3.81. The third-order valence-corrected chi connectivity index (χ3v) is 3.77. The van der Waals surface area contributed by atoms with Crippen LogP contribution in [0, 0.1) is 0 Å². The normalized spacial score (nSPS) is 14.7. The Morgan fingerprint density at radius 3 is 2.80 bits per heavy atom. The molecule has 0 fully saturated rings. The topological polar surface area (TPSA) is 32.3 Å². The highest BCUT2D eigenvalue weighted by molar-refractivity contribution is 9.10. The molecule has 84 valence electrons. The zero-order valence-electron chi connectivity index (χ0n) is 8.85. The fraction of sp³-hybridized carbons (Fsp3) is 0.455. The lowest BCUT2D eigenvalue weighted by atomic mass is 10.0. The Kier molecular flexibility index (Phi) is 4.44. The maximum Gasteiger partial charge on any atom is 0.0788 e. The molecule has 4 heteroatoms. The van der Waals surface area contributed by atoms with Crippen molar-refractivity contribution in [3.63, 3.8) is 0 Å². The largest absolute Gasteiger partial charge is 0.388 e. The van der Waals surface area contributed by atoms with E-state index >= 15 is 0 Å². The standard InChI is InChI=1S/C11H15BrClNO/c1-3-11(2,15)7-14-9-6-4-5-8(13)10(9)12/h4-6,14-15H,3,7H2,1-2H3. The highest BCUT2D eigenvalue weighted by atomic mass is 79.9. The molecule has 0 saturated heterocycles. The highest BCUT2D eigenvalue weighted by Gasteiger charge is 2.17. The van der Waals surface area contributed by atoms with E-state index in [1.54, 1.807) is 6.92 Å². The summed E-state index contributed by atoms with van der Waals surface area (Å²) in [5.74, 6) is 0. The molecule has 0 aliphatic heterocycles. The fourth-order valence-electron chi connectivity index (χ4n) is 1.05. The molecule has 2 N–H and O–H groups in total. The molecule has 1 aromatic rings. The number of hydrogen-bond acceptors (Lipinski definition) is 2. The summed E-state index contributed by atoms with van der Waals surface area (Å²) in [6.07, 6.45) is 0.707. The van der Waals surface area contributed by atoms with Gasteiger partial charge < -0.3 is 10.4 Å². The number of nitrogens with one attached hydrogen (secondary N) is 1. The van der Waals surface area contributed by atoms with Gasteiger partial charge >= 0.3 is 0 Å². The first-order valence-electron chi connectivity index (χ1n) is 4.86. The van der Waals surface area contributed by atoms with Crippen molar-refractivity contribution in [1.29, 1.82) is 0 Å². The van der Waals surface area contributed by atoms with Crippen LogP contribution in [0.25, 0.3) is 0 Å². The van der Waals surface area contributed by atoms with Crippen LogP contribution < -0.4 is 5.32 Å². The summed E-state index contributed by atoms with van der Waals surface area (Å²) in [5.41, 5.74) is 0.207. The van der Waals surface area contributed by atoms with Crippen molar-refractivity contribution in [2.24, 2.45) is 0 Å². The summed E-state index contributed by atoms with van der Waals surface area (Å²) in [6.45, 7) is 4.26. The summed E-state index contributed by atoms with van der Waals surface area (Å²) in [6, 6.07) is 5.60. The van der Waals surface area contributed by atoms with Gasteiger partial charge in [0.2, 0.25) is 0 Å². The third-order valence-electron chi connectivity index (χ3n) is 2.37. The van der Waals surface area contributed by atoms with Crippen LogP contribution in [0.4, 0.5) is 5.69 Å². The molecule has 0 heterocycles. The van der Waals surface area contributed by atoms with Crippen LogP contribution in [-0.4, -0.2) is 17.3 Å². The molecule has 1 aromatic carbocycles. The molecule has 0 bridgehead atoms. The minimum atomic E-state index is -0.693. The van der Waals surface area contributed by atoms with E-state index in [-0.39, 0.29) is 0 Å². The van der Waals surface area contributed by atoms with E-state index in [1.165, 1.54) is 0 Å². The fourth-order valence-corrected chi connectivity index (χ4v) is 1.63. The van der Waals surface area contributed by atoms with Crippen LogP contribution in [0.3, 0.4) is 0 Å². The van der Waals surface area contributed by atoms with Gasteiger partial charge in [0.1, 0.15) is 0 Å². The number of aliphatic hydroxyl groups is 1. The number of rotatable bonds is 4. The number of benzene rings is 1. The SMILES string of the molecule is CCC(C)(O)CNc1cccc(Cl)c1Br. The monoisotopic (exact) mass is 291 g/mol. The van der Waals surface area contributed by atoms with Crippen molar-refractivity contribution in [3.05, 3.63) is 27.7 Å². The van der Waals surface area contributed by atoms with Crippen molar-refractivity contribution >= 4 is 33.2 Å². The van der Waals surface area contributed by atoms with Crippen molar-refractivity contribution in [2.45, 2.75) is 25.9 Å². The summed E-state index contributed by atoms with van der Waals surface area (Å²) in [7, 11) is 0. The zero-order chi connectivity index (χ0) is 11.5. The van der Waals surface area contributed by atoms with Crippen LogP contribution in [0.1, 0.15) is 20.3 Å². The molecule has 0 spiro atoms. The Morgan fingerprint density at radius 1 is 1.53 bits per heavy atom. The average molecular weight is 293 g/mol. The summed E-state index contributed by atoms with van der Waals surface area (Å²) in [5, 5.41) is 13.7. The molecular formula is C11H15BrClNO. The lowest BCUT2D eigenvalue weighted by Gasteiger charge is -2.22. The van der Waals surface area contributed by atoms with Gasteiger partial charge in [-0.25, -0.2) is 0 Å².